The average Bonchev–Trinajstić information content (AvgIpc) is 2.68. The predicted octanol–water partition coefficient (Wildman–Crippen LogP) is 2.03. The second-order valence-corrected chi connectivity index (χ2v) is 7.88. The molecule has 0 saturated heterocycles. The first-order valence-corrected chi connectivity index (χ1v) is 10.6. The Morgan fingerprint density at radius 1 is 1.10 bits per heavy atom. The molecule has 1 unspecified atom stereocenters. The quantitative estimate of drug-likeness (QED) is 0.602. The summed E-state index contributed by atoms with van der Waals surface area (Å²) in [6.45, 7) is 3.49. The van der Waals surface area contributed by atoms with Crippen molar-refractivity contribution in [3.63, 3.8) is 0 Å². The van der Waals surface area contributed by atoms with Gasteiger partial charge in [0.1, 0.15) is 11.9 Å². The molecule has 2 aromatic carbocycles. The van der Waals surface area contributed by atoms with E-state index in [0.29, 0.717) is 0 Å². The highest BCUT2D eigenvalue weighted by atomic mass is 32.2. The van der Waals surface area contributed by atoms with E-state index in [-0.39, 0.29) is 24.5 Å². The van der Waals surface area contributed by atoms with Gasteiger partial charge in [0.25, 0.3) is 5.91 Å². The molecule has 7 nitrogen and oxygen atoms in total. The molecule has 156 valence electrons. The number of halogens is 1. The van der Waals surface area contributed by atoms with Gasteiger partial charge in [-0.3, -0.25) is 4.79 Å². The average molecular weight is 422 g/mol. The van der Waals surface area contributed by atoms with Crippen molar-refractivity contribution in [3.8, 4) is 0 Å². The first-order chi connectivity index (χ1) is 13.8. The van der Waals surface area contributed by atoms with Gasteiger partial charge >= 0.3 is 5.97 Å². The Morgan fingerprint density at radius 2 is 1.79 bits per heavy atom. The van der Waals surface area contributed by atoms with E-state index < -0.39 is 39.3 Å². The second-order valence-electron chi connectivity index (χ2n) is 6.11. The molecule has 1 atom stereocenters. The van der Waals surface area contributed by atoms with Gasteiger partial charge in [-0.2, -0.15) is 0 Å². The van der Waals surface area contributed by atoms with Crippen LogP contribution in [0.5, 0.6) is 0 Å². The van der Waals surface area contributed by atoms with Gasteiger partial charge in [0.05, 0.1) is 17.1 Å². The van der Waals surface area contributed by atoms with E-state index in [1.807, 2.05) is 6.07 Å². The zero-order valence-electron chi connectivity index (χ0n) is 16.1. The maximum Gasteiger partial charge on any atom is 0.328 e. The topological polar surface area (TPSA) is 102 Å². The molecule has 0 heterocycles. The molecular formula is C20H23FN2O5S. The summed E-state index contributed by atoms with van der Waals surface area (Å²) in [6.07, 6.45) is 0.141. The number of carbonyl (C=O) groups is 2. The monoisotopic (exact) mass is 422 g/mol. The highest BCUT2D eigenvalue weighted by Crippen LogP contribution is 2.16. The smallest absolute Gasteiger partial charge is 0.328 e. The summed E-state index contributed by atoms with van der Waals surface area (Å²) in [6, 6.07) is 10.8. The molecule has 0 aliphatic heterocycles. The van der Waals surface area contributed by atoms with E-state index in [2.05, 4.69) is 10.0 Å². The van der Waals surface area contributed by atoms with Gasteiger partial charge in [-0.15, -0.1) is 0 Å². The number of sulfonamides is 1. The summed E-state index contributed by atoms with van der Waals surface area (Å²) >= 11 is 0. The third-order valence-corrected chi connectivity index (χ3v) is 5.53. The molecule has 0 spiro atoms. The number of hydrogen-bond acceptors (Lipinski definition) is 5. The zero-order valence-corrected chi connectivity index (χ0v) is 17.0. The molecule has 1 amide bonds. The largest absolute Gasteiger partial charge is 0.464 e. The lowest BCUT2D eigenvalue weighted by molar-refractivity contribution is -0.145. The number of nitrogens with one attached hydrogen (secondary N) is 2. The molecule has 0 radical (unpaired) electrons. The molecule has 9 heteroatoms. The molecule has 2 rings (SSSR count). The summed E-state index contributed by atoms with van der Waals surface area (Å²) in [7, 11) is -3.87. The first kappa shape index (κ1) is 22.5. The normalized spacial score (nSPS) is 12.2. The summed E-state index contributed by atoms with van der Waals surface area (Å²) in [4.78, 5) is 24.7. The van der Waals surface area contributed by atoms with Crippen molar-refractivity contribution in [3.05, 3.63) is 65.5 Å². The van der Waals surface area contributed by atoms with Crippen molar-refractivity contribution in [2.24, 2.45) is 0 Å². The Balaban J connectivity index is 2.29. The van der Waals surface area contributed by atoms with E-state index in [1.165, 1.54) is 0 Å². The molecule has 2 N–H and O–H groups in total. The van der Waals surface area contributed by atoms with Crippen LogP contribution in [0.2, 0.25) is 0 Å². The minimum Gasteiger partial charge on any atom is -0.464 e. The number of esters is 1. The van der Waals surface area contributed by atoms with Gasteiger partial charge in [-0.1, -0.05) is 37.3 Å². The Labute approximate surface area is 169 Å². The number of carbonyl (C=O) groups excluding carboxylic acids is 2. The summed E-state index contributed by atoms with van der Waals surface area (Å²) < 4.78 is 45.8. The highest BCUT2D eigenvalue weighted by molar-refractivity contribution is 7.89. The van der Waals surface area contributed by atoms with Crippen LogP contribution < -0.4 is 10.0 Å². The van der Waals surface area contributed by atoms with E-state index in [0.717, 1.165) is 23.8 Å². The van der Waals surface area contributed by atoms with E-state index in [4.69, 9.17) is 4.74 Å². The van der Waals surface area contributed by atoms with Crippen LogP contribution in [0.3, 0.4) is 0 Å². The molecule has 0 bridgehead atoms. The van der Waals surface area contributed by atoms with E-state index >= 15 is 0 Å². The molecule has 0 aromatic heterocycles. The minimum absolute atomic E-state index is 0.116. The van der Waals surface area contributed by atoms with Crippen molar-refractivity contribution < 1.29 is 27.1 Å². The van der Waals surface area contributed by atoms with Crippen LogP contribution in [0.25, 0.3) is 0 Å². The molecule has 2 aromatic rings. The van der Waals surface area contributed by atoms with Gasteiger partial charge in [0, 0.05) is 13.0 Å². The van der Waals surface area contributed by atoms with E-state index in [1.54, 1.807) is 38.1 Å². The number of amides is 1. The lowest BCUT2D eigenvalue weighted by atomic mass is 10.1. The van der Waals surface area contributed by atoms with Crippen LogP contribution in [0.1, 0.15) is 29.8 Å². The van der Waals surface area contributed by atoms with Gasteiger partial charge in [-0.05, 0) is 30.7 Å². The van der Waals surface area contributed by atoms with Crippen LogP contribution in [0.15, 0.2) is 53.4 Å². The van der Waals surface area contributed by atoms with Crippen LogP contribution >= 0.6 is 0 Å². The summed E-state index contributed by atoms with van der Waals surface area (Å²) in [5.41, 5.74) is 0.293. The maximum absolute atomic E-state index is 14.2. The fraction of sp³-hybridized carbons (Fsp3) is 0.300. The van der Waals surface area contributed by atoms with Crippen molar-refractivity contribution >= 4 is 21.9 Å². The Kier molecular flexibility index (Phi) is 7.86. The van der Waals surface area contributed by atoms with E-state index in [9.17, 15) is 22.4 Å². The van der Waals surface area contributed by atoms with Crippen LogP contribution in [0.4, 0.5) is 4.39 Å². The van der Waals surface area contributed by atoms with Crippen LogP contribution in [-0.4, -0.2) is 39.5 Å². The molecule has 0 saturated carbocycles. The van der Waals surface area contributed by atoms with Gasteiger partial charge in [-0.25, -0.2) is 22.3 Å². The summed E-state index contributed by atoms with van der Waals surface area (Å²) in [5, 5.41) is 2.45. The van der Waals surface area contributed by atoms with Crippen LogP contribution in [0, 0.1) is 5.82 Å². The highest BCUT2D eigenvalue weighted by Gasteiger charge is 2.25. The van der Waals surface area contributed by atoms with Crippen molar-refractivity contribution in [1.82, 2.24) is 10.0 Å². The number of benzene rings is 2. The lowest BCUT2D eigenvalue weighted by Crippen LogP contribution is -2.43. The van der Waals surface area contributed by atoms with Gasteiger partial charge in [0.15, 0.2) is 0 Å². The fourth-order valence-electron chi connectivity index (χ4n) is 2.64. The predicted molar refractivity (Wildman–Crippen MR) is 105 cm³/mol. The molecule has 0 fully saturated rings. The second kappa shape index (κ2) is 10.1. The number of ether oxygens (including phenoxy) is 1. The fourth-order valence-corrected chi connectivity index (χ4v) is 3.71. The Bertz CT molecular complexity index is 964. The maximum atomic E-state index is 14.2. The third kappa shape index (κ3) is 6.10. The van der Waals surface area contributed by atoms with Crippen molar-refractivity contribution in [2.45, 2.75) is 31.2 Å². The van der Waals surface area contributed by atoms with Crippen molar-refractivity contribution in [2.75, 3.05) is 13.2 Å². The first-order valence-electron chi connectivity index (χ1n) is 9.09. The Morgan fingerprint density at radius 3 is 2.41 bits per heavy atom. The Hall–Kier alpha value is -2.78. The zero-order chi connectivity index (χ0) is 21.4. The lowest BCUT2D eigenvalue weighted by Gasteiger charge is -2.18. The molecule has 0 aliphatic rings. The molecule has 0 aliphatic carbocycles. The minimum atomic E-state index is -3.87. The van der Waals surface area contributed by atoms with Gasteiger partial charge < -0.3 is 10.1 Å². The third-order valence-electron chi connectivity index (χ3n) is 3.99. The standard InChI is InChI=1S/C20H23FN2O5S/c1-3-22-29(26,27)15-10-11-17(21)16(13-15)19(24)23-18(20(25)28-4-2)12-14-8-6-5-7-9-14/h5-11,13,18,22H,3-4,12H2,1-2H3,(H,23,24). The van der Waals surface area contributed by atoms with Crippen molar-refractivity contribution in [1.29, 1.82) is 0 Å². The molecular weight excluding hydrogens is 399 g/mol. The van der Waals surface area contributed by atoms with Crippen LogP contribution in [-0.2, 0) is 26.0 Å². The number of rotatable bonds is 9. The SMILES string of the molecule is CCNS(=O)(=O)c1ccc(F)c(C(=O)NC(Cc2ccccc2)C(=O)OCC)c1. The molecule has 29 heavy (non-hydrogen) atoms. The number of hydrogen-bond donors (Lipinski definition) is 2. The van der Waals surface area contributed by atoms with Gasteiger partial charge in [0.2, 0.25) is 10.0 Å². The summed E-state index contributed by atoms with van der Waals surface area (Å²) in [5.74, 6) is -2.48.